The fraction of sp³-hybridized carbons (Fsp3) is 0.650. The van der Waals surface area contributed by atoms with E-state index in [1.807, 2.05) is 18.2 Å². The second-order valence-electron chi connectivity index (χ2n) is 7.26. The van der Waals surface area contributed by atoms with E-state index in [4.69, 9.17) is 9.47 Å². The lowest BCUT2D eigenvalue weighted by Gasteiger charge is -2.34. The Morgan fingerprint density at radius 1 is 1.04 bits per heavy atom. The van der Waals surface area contributed by atoms with Gasteiger partial charge in [0.25, 0.3) is 5.91 Å². The fourth-order valence-corrected chi connectivity index (χ4v) is 4.59. The molecule has 2 saturated heterocycles. The largest absolute Gasteiger partial charge is 0.490 e. The predicted octanol–water partition coefficient (Wildman–Crippen LogP) is 2.94. The molecule has 2 atom stereocenters. The van der Waals surface area contributed by atoms with Gasteiger partial charge in [0.15, 0.2) is 11.5 Å². The molecule has 3 aliphatic rings. The lowest BCUT2D eigenvalue weighted by atomic mass is 10.0. The van der Waals surface area contributed by atoms with Gasteiger partial charge in [-0.05, 0) is 57.0 Å². The molecule has 3 heterocycles. The van der Waals surface area contributed by atoms with Crippen LogP contribution in [0, 0.1) is 0 Å². The van der Waals surface area contributed by atoms with E-state index < -0.39 is 0 Å². The van der Waals surface area contributed by atoms with Crippen molar-refractivity contribution >= 4 is 5.91 Å². The van der Waals surface area contributed by atoms with Gasteiger partial charge in [0.05, 0.1) is 13.2 Å². The fourth-order valence-electron chi connectivity index (χ4n) is 4.59. The van der Waals surface area contributed by atoms with Gasteiger partial charge in [-0.2, -0.15) is 0 Å². The number of carbonyl (C=O) groups excluding carboxylic acids is 1. The summed E-state index contributed by atoms with van der Waals surface area (Å²) in [5.41, 5.74) is 0.720. The number of fused-ring (bicyclic) bond motifs is 1. The number of hydrogen-bond acceptors (Lipinski definition) is 4. The van der Waals surface area contributed by atoms with E-state index in [9.17, 15) is 4.79 Å². The average Bonchev–Trinajstić information content (AvgIpc) is 3.24. The maximum Gasteiger partial charge on any atom is 0.254 e. The van der Waals surface area contributed by atoms with Gasteiger partial charge in [-0.15, -0.1) is 0 Å². The molecule has 0 N–H and O–H groups in total. The molecule has 0 spiro atoms. The summed E-state index contributed by atoms with van der Waals surface area (Å²) in [6, 6.07) is 6.51. The molecule has 1 amide bonds. The van der Waals surface area contributed by atoms with E-state index in [0.717, 1.165) is 43.7 Å². The lowest BCUT2D eigenvalue weighted by molar-refractivity contribution is 0.0649. The summed E-state index contributed by atoms with van der Waals surface area (Å²) in [7, 11) is 0. The molecule has 5 nitrogen and oxygen atoms in total. The molecule has 4 rings (SSSR count). The highest BCUT2D eigenvalue weighted by Gasteiger charge is 2.39. The number of carbonyl (C=O) groups is 1. The molecular weight excluding hydrogens is 316 g/mol. The number of ether oxygens (including phenoxy) is 2. The van der Waals surface area contributed by atoms with Crippen molar-refractivity contribution in [1.29, 1.82) is 0 Å². The van der Waals surface area contributed by atoms with Crippen LogP contribution in [-0.2, 0) is 0 Å². The first-order valence-electron chi connectivity index (χ1n) is 9.72. The van der Waals surface area contributed by atoms with Gasteiger partial charge >= 0.3 is 0 Å². The quantitative estimate of drug-likeness (QED) is 0.845. The summed E-state index contributed by atoms with van der Waals surface area (Å²) in [5.74, 6) is 1.59. The number of amides is 1. The first kappa shape index (κ1) is 16.7. The zero-order valence-corrected chi connectivity index (χ0v) is 15.1. The van der Waals surface area contributed by atoms with Crippen molar-refractivity contribution in [2.45, 2.75) is 51.1 Å². The summed E-state index contributed by atoms with van der Waals surface area (Å²) >= 11 is 0. The minimum atomic E-state index is 0.140. The number of likely N-dealkylation sites (tertiary alicyclic amines) is 2. The highest BCUT2D eigenvalue weighted by atomic mass is 16.5. The van der Waals surface area contributed by atoms with Crippen molar-refractivity contribution in [3.63, 3.8) is 0 Å². The Hall–Kier alpha value is -1.75. The zero-order valence-electron chi connectivity index (χ0n) is 15.1. The lowest BCUT2D eigenvalue weighted by Crippen LogP contribution is -2.48. The minimum absolute atomic E-state index is 0.140. The Labute approximate surface area is 149 Å². The molecule has 0 radical (unpaired) electrons. The molecule has 0 unspecified atom stereocenters. The van der Waals surface area contributed by atoms with Crippen LogP contribution in [0.1, 0.15) is 49.4 Å². The summed E-state index contributed by atoms with van der Waals surface area (Å²) in [4.78, 5) is 17.8. The normalized spacial score (nSPS) is 26.7. The summed E-state index contributed by atoms with van der Waals surface area (Å²) in [6.45, 7) is 6.65. The molecule has 25 heavy (non-hydrogen) atoms. The van der Waals surface area contributed by atoms with Crippen LogP contribution in [0.2, 0.25) is 0 Å². The van der Waals surface area contributed by atoms with Crippen LogP contribution in [0.25, 0.3) is 0 Å². The zero-order chi connectivity index (χ0) is 17.2. The molecule has 1 aromatic rings. The molecule has 0 aromatic heterocycles. The molecule has 0 saturated carbocycles. The maximum absolute atomic E-state index is 13.2. The van der Waals surface area contributed by atoms with Crippen molar-refractivity contribution < 1.29 is 14.3 Å². The van der Waals surface area contributed by atoms with E-state index >= 15 is 0 Å². The van der Waals surface area contributed by atoms with E-state index in [1.54, 1.807) is 0 Å². The summed E-state index contributed by atoms with van der Waals surface area (Å²) < 4.78 is 11.4. The van der Waals surface area contributed by atoms with Crippen LogP contribution in [0.15, 0.2) is 18.2 Å². The van der Waals surface area contributed by atoms with Crippen molar-refractivity contribution in [1.82, 2.24) is 9.80 Å². The third kappa shape index (κ3) is 3.22. The molecule has 3 aliphatic heterocycles. The van der Waals surface area contributed by atoms with Crippen LogP contribution in [0.3, 0.4) is 0 Å². The van der Waals surface area contributed by atoms with Gasteiger partial charge in [0, 0.05) is 30.6 Å². The van der Waals surface area contributed by atoms with Crippen molar-refractivity contribution in [2.24, 2.45) is 0 Å². The number of hydrogen-bond donors (Lipinski definition) is 0. The number of nitrogens with zero attached hydrogens (tertiary/aromatic N) is 2. The predicted molar refractivity (Wildman–Crippen MR) is 96.4 cm³/mol. The third-order valence-corrected chi connectivity index (χ3v) is 5.82. The molecular formula is C20H28N2O3. The van der Waals surface area contributed by atoms with Gasteiger partial charge in [-0.1, -0.05) is 6.92 Å². The molecule has 2 fully saturated rings. The smallest absolute Gasteiger partial charge is 0.254 e. The monoisotopic (exact) mass is 344 g/mol. The second-order valence-corrected chi connectivity index (χ2v) is 7.26. The van der Waals surface area contributed by atoms with Crippen LogP contribution < -0.4 is 9.47 Å². The van der Waals surface area contributed by atoms with E-state index in [2.05, 4.69) is 16.7 Å². The number of likely N-dealkylation sites (N-methyl/N-ethyl adjacent to an activating group) is 1. The van der Waals surface area contributed by atoms with Crippen LogP contribution in [0.4, 0.5) is 0 Å². The highest BCUT2D eigenvalue weighted by Crippen LogP contribution is 2.34. The SMILES string of the molecule is CCN1CCC[C@@H]1[C@@H]1CCCN1C(=O)c1ccc2c(c1)OCCCO2. The van der Waals surface area contributed by atoms with Gasteiger partial charge in [-0.3, -0.25) is 9.69 Å². The van der Waals surface area contributed by atoms with Crippen LogP contribution >= 0.6 is 0 Å². The highest BCUT2D eigenvalue weighted by molar-refractivity contribution is 5.95. The Kier molecular flexibility index (Phi) is 4.84. The summed E-state index contributed by atoms with van der Waals surface area (Å²) in [5, 5.41) is 0. The van der Waals surface area contributed by atoms with Crippen molar-refractivity contribution in [3.8, 4) is 11.5 Å². The van der Waals surface area contributed by atoms with E-state index in [1.165, 1.54) is 19.4 Å². The standard InChI is InChI=1S/C20H28N2O3/c1-2-21-10-3-6-16(21)17-7-4-11-22(17)20(23)15-8-9-18-19(14-15)25-13-5-12-24-18/h8-9,14,16-17H,2-7,10-13H2,1H3/t16-,17+/m1/s1. The average molecular weight is 344 g/mol. The van der Waals surface area contributed by atoms with Crippen LogP contribution in [-0.4, -0.2) is 60.6 Å². The second kappa shape index (κ2) is 7.24. The topological polar surface area (TPSA) is 42.0 Å². The number of benzene rings is 1. The first-order valence-corrected chi connectivity index (χ1v) is 9.72. The van der Waals surface area contributed by atoms with Crippen LogP contribution in [0.5, 0.6) is 11.5 Å². The van der Waals surface area contributed by atoms with Crippen molar-refractivity contribution in [3.05, 3.63) is 23.8 Å². The molecule has 0 aliphatic carbocycles. The van der Waals surface area contributed by atoms with Gasteiger partial charge in [0.1, 0.15) is 0 Å². The van der Waals surface area contributed by atoms with Gasteiger partial charge < -0.3 is 14.4 Å². The minimum Gasteiger partial charge on any atom is -0.490 e. The molecule has 136 valence electrons. The molecule has 1 aromatic carbocycles. The van der Waals surface area contributed by atoms with E-state index in [0.29, 0.717) is 31.0 Å². The van der Waals surface area contributed by atoms with E-state index in [-0.39, 0.29) is 5.91 Å². The third-order valence-electron chi connectivity index (χ3n) is 5.82. The molecule has 5 heteroatoms. The number of rotatable bonds is 3. The Morgan fingerprint density at radius 3 is 2.64 bits per heavy atom. The summed E-state index contributed by atoms with van der Waals surface area (Å²) in [6.07, 6.45) is 5.57. The molecule has 0 bridgehead atoms. The Balaban J connectivity index is 1.54. The van der Waals surface area contributed by atoms with Gasteiger partial charge in [-0.25, -0.2) is 0 Å². The van der Waals surface area contributed by atoms with Gasteiger partial charge in [0.2, 0.25) is 0 Å². The first-order chi connectivity index (χ1) is 12.3. The Morgan fingerprint density at radius 2 is 1.80 bits per heavy atom. The Bertz CT molecular complexity index is 633. The maximum atomic E-state index is 13.2. The van der Waals surface area contributed by atoms with Crippen molar-refractivity contribution in [2.75, 3.05) is 32.8 Å².